The maximum atomic E-state index is 13.4. The van der Waals surface area contributed by atoms with Crippen molar-refractivity contribution in [3.63, 3.8) is 0 Å². The first kappa shape index (κ1) is 23.9. The summed E-state index contributed by atoms with van der Waals surface area (Å²) >= 11 is 0. The number of nitrogens with one attached hydrogen (secondary N) is 1. The van der Waals surface area contributed by atoms with Crippen LogP contribution in [0.5, 0.6) is 11.5 Å². The molecule has 1 unspecified atom stereocenters. The molecule has 34 heavy (non-hydrogen) atoms. The van der Waals surface area contributed by atoms with Crippen LogP contribution >= 0.6 is 0 Å². The highest BCUT2D eigenvalue weighted by Crippen LogP contribution is 2.44. The van der Waals surface area contributed by atoms with E-state index in [1.807, 2.05) is 20.8 Å². The van der Waals surface area contributed by atoms with Crippen LogP contribution in [0.15, 0.2) is 23.8 Å². The molecule has 182 valence electrons. The number of amides is 1. The first-order valence-electron chi connectivity index (χ1n) is 11.7. The van der Waals surface area contributed by atoms with Crippen LogP contribution in [0.25, 0.3) is 5.76 Å². The van der Waals surface area contributed by atoms with Gasteiger partial charge in [0.1, 0.15) is 17.3 Å². The molecule has 3 heterocycles. The van der Waals surface area contributed by atoms with Crippen molar-refractivity contribution in [3.8, 4) is 11.5 Å². The fraction of sp³-hybridized carbons (Fsp3) is 0.462. The van der Waals surface area contributed by atoms with Gasteiger partial charge in [-0.25, -0.2) is 0 Å². The van der Waals surface area contributed by atoms with Crippen LogP contribution in [0.3, 0.4) is 0 Å². The van der Waals surface area contributed by atoms with E-state index < -0.39 is 17.7 Å². The van der Waals surface area contributed by atoms with E-state index >= 15 is 0 Å². The van der Waals surface area contributed by atoms with E-state index in [4.69, 9.17) is 9.47 Å². The molecule has 1 amide bonds. The number of aromatic amines is 1. The summed E-state index contributed by atoms with van der Waals surface area (Å²) in [6.07, 6.45) is 2.27. The largest absolute Gasteiger partial charge is 0.507 e. The molecule has 0 radical (unpaired) electrons. The summed E-state index contributed by atoms with van der Waals surface area (Å²) in [5.74, 6) is -0.380. The number of ether oxygens (including phenoxy) is 2. The zero-order valence-electron chi connectivity index (χ0n) is 20.5. The van der Waals surface area contributed by atoms with Gasteiger partial charge in [0, 0.05) is 35.6 Å². The number of aromatic nitrogens is 1. The zero-order chi connectivity index (χ0) is 24.6. The number of H-pyrrole nitrogens is 1. The summed E-state index contributed by atoms with van der Waals surface area (Å²) in [6.45, 7) is 8.65. The topological polar surface area (TPSA) is 95.1 Å². The van der Waals surface area contributed by atoms with Gasteiger partial charge in [0.25, 0.3) is 11.7 Å². The van der Waals surface area contributed by atoms with Crippen molar-refractivity contribution in [2.45, 2.75) is 39.7 Å². The van der Waals surface area contributed by atoms with E-state index in [-0.39, 0.29) is 11.3 Å². The molecule has 1 atom stereocenters. The molecule has 2 saturated heterocycles. The molecule has 2 aromatic rings. The Bertz CT molecular complexity index is 1140. The minimum Gasteiger partial charge on any atom is -0.507 e. The monoisotopic (exact) mass is 467 g/mol. The lowest BCUT2D eigenvalue weighted by Gasteiger charge is -2.28. The van der Waals surface area contributed by atoms with Gasteiger partial charge >= 0.3 is 0 Å². The number of aliphatic hydroxyl groups excluding tert-OH is 1. The molecule has 2 fully saturated rings. The lowest BCUT2D eigenvalue weighted by molar-refractivity contribution is -0.140. The lowest BCUT2D eigenvalue weighted by atomic mass is 9.93. The second-order valence-electron chi connectivity index (χ2n) is 9.02. The number of Topliss-reactive ketones (excluding diaryl/α,β-unsaturated/α-hetero) is 1. The minimum atomic E-state index is -0.790. The average Bonchev–Trinajstić information content (AvgIpc) is 3.50. The minimum absolute atomic E-state index is 0.0724. The van der Waals surface area contributed by atoms with E-state index in [2.05, 4.69) is 9.88 Å². The smallest absolute Gasteiger partial charge is 0.295 e. The number of ketones is 1. The second kappa shape index (κ2) is 9.54. The Balaban J connectivity index is 1.89. The molecular weight excluding hydrogens is 434 g/mol. The Morgan fingerprint density at radius 1 is 1.06 bits per heavy atom. The second-order valence-corrected chi connectivity index (χ2v) is 9.02. The van der Waals surface area contributed by atoms with Gasteiger partial charge < -0.3 is 29.4 Å². The summed E-state index contributed by atoms with van der Waals surface area (Å²) in [7, 11) is 3.11. The van der Waals surface area contributed by atoms with Gasteiger partial charge in [0.15, 0.2) is 0 Å². The predicted octanol–water partition coefficient (Wildman–Crippen LogP) is 3.47. The van der Waals surface area contributed by atoms with E-state index in [1.54, 1.807) is 37.3 Å². The molecule has 0 spiro atoms. The van der Waals surface area contributed by atoms with Crippen LogP contribution in [0.2, 0.25) is 0 Å². The summed E-state index contributed by atoms with van der Waals surface area (Å²) in [6, 6.07) is 4.50. The van der Waals surface area contributed by atoms with Gasteiger partial charge in [-0.2, -0.15) is 0 Å². The Morgan fingerprint density at radius 2 is 1.76 bits per heavy atom. The van der Waals surface area contributed by atoms with Gasteiger partial charge in [0.2, 0.25) is 0 Å². The van der Waals surface area contributed by atoms with Crippen molar-refractivity contribution in [2.24, 2.45) is 0 Å². The van der Waals surface area contributed by atoms with Crippen LogP contribution in [0, 0.1) is 20.8 Å². The standard InChI is InChI=1S/C26H33N3O5/c1-15-16(2)27-17(3)21(15)24(30)22-23(19-14-18(33-4)8-9-20(19)34-5)29(26(32)25(22)31)13-12-28-10-6-7-11-28/h8-9,14,23,27,30H,6-7,10-13H2,1-5H3/b24-22+. The van der Waals surface area contributed by atoms with Gasteiger partial charge in [-0.15, -0.1) is 0 Å². The third-order valence-electron chi connectivity index (χ3n) is 7.05. The van der Waals surface area contributed by atoms with E-state index in [0.29, 0.717) is 35.7 Å². The molecule has 8 nitrogen and oxygen atoms in total. The molecule has 2 aliphatic rings. The third-order valence-corrected chi connectivity index (χ3v) is 7.05. The van der Waals surface area contributed by atoms with Crippen molar-refractivity contribution in [2.75, 3.05) is 40.4 Å². The highest BCUT2D eigenvalue weighted by atomic mass is 16.5. The highest BCUT2D eigenvalue weighted by molar-refractivity contribution is 6.46. The Morgan fingerprint density at radius 3 is 2.35 bits per heavy atom. The predicted molar refractivity (Wildman–Crippen MR) is 129 cm³/mol. The van der Waals surface area contributed by atoms with Gasteiger partial charge in [-0.05, 0) is 70.5 Å². The molecule has 8 heteroatoms. The van der Waals surface area contributed by atoms with E-state index in [1.165, 1.54) is 0 Å². The number of carbonyl (C=O) groups excluding carboxylic acids is 2. The Hall–Kier alpha value is -3.26. The van der Waals surface area contributed by atoms with E-state index in [9.17, 15) is 14.7 Å². The SMILES string of the molecule is COc1ccc(OC)c(C2/C(=C(\O)c3c(C)[nH]c(C)c3C)C(=O)C(=O)N2CCN2CCCC2)c1. The first-order chi connectivity index (χ1) is 16.3. The normalized spacial score (nSPS) is 20.4. The zero-order valence-corrected chi connectivity index (χ0v) is 20.5. The van der Waals surface area contributed by atoms with Crippen molar-refractivity contribution < 1.29 is 24.2 Å². The number of benzene rings is 1. The maximum absolute atomic E-state index is 13.4. The number of likely N-dealkylation sites (tertiary alicyclic amines) is 2. The maximum Gasteiger partial charge on any atom is 0.295 e. The molecular formula is C26H33N3O5. The van der Waals surface area contributed by atoms with Gasteiger partial charge in [-0.3, -0.25) is 9.59 Å². The number of carbonyl (C=O) groups is 2. The number of hydrogen-bond donors (Lipinski definition) is 2. The summed E-state index contributed by atoms with van der Waals surface area (Å²) in [5, 5.41) is 11.5. The molecule has 2 N–H and O–H groups in total. The van der Waals surface area contributed by atoms with Gasteiger partial charge in [0.05, 0.1) is 25.8 Å². The fourth-order valence-corrected chi connectivity index (χ4v) is 5.14. The molecule has 0 saturated carbocycles. The van der Waals surface area contributed by atoms with Crippen LogP contribution < -0.4 is 9.47 Å². The van der Waals surface area contributed by atoms with Crippen LogP contribution in [0.1, 0.15) is 47.0 Å². The van der Waals surface area contributed by atoms with E-state index in [0.717, 1.165) is 42.9 Å². The molecule has 4 rings (SSSR count). The number of aryl methyl sites for hydroxylation is 2. The lowest BCUT2D eigenvalue weighted by Crippen LogP contribution is -2.37. The third kappa shape index (κ3) is 4.07. The summed E-state index contributed by atoms with van der Waals surface area (Å²) in [5.41, 5.74) is 3.72. The number of rotatable bonds is 7. The van der Waals surface area contributed by atoms with Crippen LogP contribution in [-0.2, 0) is 9.59 Å². The Labute approximate surface area is 200 Å². The molecule has 1 aromatic carbocycles. The molecule has 1 aromatic heterocycles. The number of methoxy groups -OCH3 is 2. The summed E-state index contributed by atoms with van der Waals surface area (Å²) in [4.78, 5) is 33.8. The average molecular weight is 468 g/mol. The van der Waals surface area contributed by atoms with Crippen molar-refractivity contribution in [1.29, 1.82) is 0 Å². The van der Waals surface area contributed by atoms with Crippen molar-refractivity contribution in [1.82, 2.24) is 14.8 Å². The van der Waals surface area contributed by atoms with Crippen LogP contribution in [-0.4, -0.2) is 72.0 Å². The highest BCUT2D eigenvalue weighted by Gasteiger charge is 2.47. The first-order valence-corrected chi connectivity index (χ1v) is 11.7. The van der Waals surface area contributed by atoms with Gasteiger partial charge in [-0.1, -0.05) is 0 Å². The van der Waals surface area contributed by atoms with Crippen molar-refractivity contribution in [3.05, 3.63) is 51.9 Å². The summed E-state index contributed by atoms with van der Waals surface area (Å²) < 4.78 is 11.0. The molecule has 0 aliphatic carbocycles. The molecule has 2 aliphatic heterocycles. The quantitative estimate of drug-likeness (QED) is 0.368. The number of nitrogens with zero attached hydrogens (tertiary/aromatic N) is 2. The molecule has 0 bridgehead atoms. The Kier molecular flexibility index (Phi) is 6.70. The number of aliphatic hydroxyl groups is 1. The fourth-order valence-electron chi connectivity index (χ4n) is 5.14. The van der Waals surface area contributed by atoms with Crippen LogP contribution in [0.4, 0.5) is 0 Å². The van der Waals surface area contributed by atoms with Crippen molar-refractivity contribution >= 4 is 17.4 Å². The number of hydrogen-bond acceptors (Lipinski definition) is 6.